The molecule has 0 saturated heterocycles. The van der Waals surface area contributed by atoms with Gasteiger partial charge in [0.05, 0.1) is 5.41 Å². The Labute approximate surface area is 752 Å². The average Bonchev–Trinajstić information content (AvgIpc) is 0.711. The van der Waals surface area contributed by atoms with Crippen molar-refractivity contribution in [1.29, 1.82) is 0 Å². The number of benzene rings is 12. The molecule has 16 saturated carbocycles. The second-order valence-corrected chi connectivity index (χ2v) is 45.1. The molecule has 12 aromatic rings. The number of hydrogen-bond donors (Lipinski definition) is 0. The maximum absolute atomic E-state index is 16.7. The molecule has 0 N–H and O–H groups in total. The summed E-state index contributed by atoms with van der Waals surface area (Å²) in [6.45, 7) is 0. The monoisotopic (exact) mass is 1770 g/mol. The van der Waals surface area contributed by atoms with Crippen LogP contribution in [0.15, 0.2) is 364 Å². The highest BCUT2D eigenvalue weighted by atomic mass is 79.9. The Kier molecular flexibility index (Phi) is 20.1. The quantitative estimate of drug-likeness (QED) is 0.0709. The van der Waals surface area contributed by atoms with Crippen LogP contribution in [0.25, 0.3) is 0 Å². The summed E-state index contributed by atoms with van der Waals surface area (Å²) in [5.41, 5.74) is 9.48. The van der Waals surface area contributed by atoms with E-state index in [4.69, 9.17) is 0 Å². The fourth-order valence-corrected chi connectivity index (χ4v) is 34.7. The van der Waals surface area contributed by atoms with Crippen molar-refractivity contribution in [3.05, 3.63) is 431 Å². The Bertz CT molecular complexity index is 5140. The molecule has 0 unspecified atom stereocenters. The highest BCUT2D eigenvalue weighted by molar-refractivity contribution is 9.10. The Hall–Kier alpha value is -9.51. The van der Waals surface area contributed by atoms with Crippen LogP contribution in [0.5, 0.6) is 0 Å². The lowest BCUT2D eigenvalue weighted by atomic mass is 9.32. The van der Waals surface area contributed by atoms with Gasteiger partial charge in [0.25, 0.3) is 5.92 Å². The van der Waals surface area contributed by atoms with Gasteiger partial charge in [-0.3, -0.25) is 0 Å². The fourth-order valence-electron chi connectivity index (χ4n) is 33.1. The molecule has 650 valence electrons. The molecule has 10 heteroatoms. The summed E-state index contributed by atoms with van der Waals surface area (Å²) >= 11 is 4.35. The van der Waals surface area contributed by atoms with Gasteiger partial charge in [0, 0.05) is 27.0 Å². The lowest BCUT2D eigenvalue weighted by molar-refractivity contribution is -0.286. The highest BCUT2D eigenvalue weighted by Crippen LogP contribution is 2.81. The van der Waals surface area contributed by atoms with E-state index in [-0.39, 0.29) is 72.3 Å². The Morgan fingerprint density at radius 3 is 0.504 bits per heavy atom. The number of rotatable bonds is 15. The van der Waals surface area contributed by atoms with E-state index in [0.29, 0.717) is 38.5 Å². The van der Waals surface area contributed by atoms with Crippen LogP contribution in [0.4, 0.5) is 39.5 Å². The summed E-state index contributed by atoms with van der Waals surface area (Å²) in [6, 6.07) is 127. The maximum atomic E-state index is 16.7. The van der Waals surface area contributed by atoms with Gasteiger partial charge in [-0.2, -0.15) is 26.3 Å². The molecule has 16 fully saturated rings. The third kappa shape index (κ3) is 14.6. The van der Waals surface area contributed by atoms with Crippen LogP contribution in [0.3, 0.4) is 0 Å². The molecule has 127 heavy (non-hydrogen) atoms. The zero-order valence-electron chi connectivity index (χ0n) is 72.3. The van der Waals surface area contributed by atoms with Crippen LogP contribution in [-0.2, 0) is 65.0 Å². The van der Waals surface area contributed by atoms with Gasteiger partial charge in [0.1, 0.15) is 12.1 Å². The molecule has 0 spiro atoms. The maximum Gasteiger partial charge on any atom is 0.394 e. The van der Waals surface area contributed by atoms with Gasteiger partial charge in [-0.1, -0.05) is 380 Å². The van der Waals surface area contributed by atoms with E-state index in [1.807, 2.05) is 109 Å². The molecule has 0 radical (unpaired) electrons. The molecule has 0 aromatic heterocycles. The summed E-state index contributed by atoms with van der Waals surface area (Å²) in [4.78, 5) is 0. The summed E-state index contributed by atoms with van der Waals surface area (Å²) in [6.07, 6.45) is 7.87. The Balaban J connectivity index is 0.000000104. The van der Waals surface area contributed by atoms with Crippen molar-refractivity contribution in [2.45, 2.75) is 260 Å². The summed E-state index contributed by atoms with van der Waals surface area (Å²) < 4.78 is 132. The van der Waals surface area contributed by atoms with Crippen molar-refractivity contribution in [1.82, 2.24) is 0 Å². The van der Waals surface area contributed by atoms with E-state index < -0.39 is 63.9 Å². The molecule has 0 nitrogen and oxygen atoms in total. The molecule has 16 aliphatic carbocycles. The van der Waals surface area contributed by atoms with Crippen LogP contribution in [0.2, 0.25) is 0 Å². The van der Waals surface area contributed by atoms with E-state index in [0.717, 1.165) is 91.2 Å². The first kappa shape index (κ1) is 84.3. The third-order valence-electron chi connectivity index (χ3n) is 34.6. The van der Waals surface area contributed by atoms with E-state index in [2.05, 4.69) is 271 Å². The minimum absolute atomic E-state index is 0.0869. The first-order valence-electron chi connectivity index (χ1n) is 46.5. The zero-order valence-corrected chi connectivity index (χ0v) is 73.9. The number of hydrogen-bond acceptors (Lipinski definition) is 0. The molecule has 0 heterocycles. The molecule has 0 atom stereocenters. The predicted octanol–water partition coefficient (Wildman–Crippen LogP) is 31.1. The largest absolute Gasteiger partial charge is 0.394 e. The summed E-state index contributed by atoms with van der Waals surface area (Å²) in [5.74, 6) is -3.81. The van der Waals surface area contributed by atoms with Crippen LogP contribution < -0.4 is 0 Å². The van der Waals surface area contributed by atoms with Crippen LogP contribution in [-0.4, -0.2) is 28.3 Å². The molecular formula is C117H112BrF9. The predicted molar refractivity (Wildman–Crippen MR) is 495 cm³/mol. The average molecular weight is 1770 g/mol. The smallest absolute Gasteiger partial charge is 0.244 e. The molecule has 16 bridgehead atoms. The third-order valence-corrected chi connectivity index (χ3v) is 35.4. The van der Waals surface area contributed by atoms with Crippen molar-refractivity contribution in [3.8, 4) is 0 Å². The van der Waals surface area contributed by atoms with Crippen LogP contribution >= 0.6 is 15.9 Å². The van der Waals surface area contributed by atoms with Gasteiger partial charge in [0.15, 0.2) is 0 Å². The molecular weight excluding hydrogens is 1660 g/mol. The topological polar surface area (TPSA) is 0 Å². The zero-order chi connectivity index (χ0) is 87.2. The lowest BCUT2D eigenvalue weighted by Crippen LogP contribution is -2.68. The van der Waals surface area contributed by atoms with E-state index in [1.54, 1.807) is 16.7 Å². The lowest BCUT2D eigenvalue weighted by Gasteiger charge is -2.71. The van der Waals surface area contributed by atoms with Gasteiger partial charge in [0.2, 0.25) is 0 Å². The number of halogens is 10. The minimum atomic E-state index is -4.91. The molecule has 28 rings (SSSR count). The van der Waals surface area contributed by atoms with Gasteiger partial charge >= 0.3 is 12.4 Å². The van der Waals surface area contributed by atoms with Crippen LogP contribution in [0.1, 0.15) is 234 Å². The molecule has 0 amide bonds. The highest BCUT2D eigenvalue weighted by Gasteiger charge is 2.77. The van der Waals surface area contributed by atoms with Crippen molar-refractivity contribution in [2.75, 3.05) is 0 Å². The minimum Gasteiger partial charge on any atom is -0.244 e. The molecule has 12 aromatic carbocycles. The first-order chi connectivity index (χ1) is 60.9. The Morgan fingerprint density at radius 2 is 0.346 bits per heavy atom. The fraction of sp³-hybridized carbons (Fsp3) is 0.385. The normalized spacial score (nSPS) is 35.8. The van der Waals surface area contributed by atoms with E-state index >= 15 is 26.3 Å². The van der Waals surface area contributed by atoms with Gasteiger partial charge < -0.3 is 0 Å². The second-order valence-electron chi connectivity index (χ2n) is 43.4. The first-order valence-corrected chi connectivity index (χ1v) is 47.2. The SMILES string of the molecule is BrC12CC3(c4ccccc4)CC(c4ccccc4)(C1)CC(c1ccccc1)(C2)C3.FC(F)(F)C12CC3(c4ccccc4)CC(c4ccccc4)(CC(c4ccccc4)(C3)C1)C2.FC(F)(F)CC(F)(F)CC12CC3(c4ccccc4)CC(c4ccccc4)(C1)CC(c1ccccc1)(C2)C3.FC12CC3(c4ccccc4)CC(c4ccccc4)(C1)CC(c1ccccc1)(C2)C3. The van der Waals surface area contributed by atoms with Gasteiger partial charge in [-0.15, -0.1) is 0 Å². The molecule has 16 aliphatic rings. The van der Waals surface area contributed by atoms with E-state index in [9.17, 15) is 13.2 Å². The summed E-state index contributed by atoms with van der Waals surface area (Å²) in [7, 11) is 0. The van der Waals surface area contributed by atoms with Crippen molar-refractivity contribution < 1.29 is 39.5 Å². The number of alkyl halides is 10. The van der Waals surface area contributed by atoms with Gasteiger partial charge in [-0.05, 0) is 275 Å². The van der Waals surface area contributed by atoms with Crippen LogP contribution in [0, 0.1) is 10.8 Å². The summed E-state index contributed by atoms with van der Waals surface area (Å²) in [5, 5.41) is 0. The molecule has 0 aliphatic heterocycles. The van der Waals surface area contributed by atoms with E-state index in [1.165, 1.54) is 55.2 Å². The van der Waals surface area contributed by atoms with Crippen molar-refractivity contribution in [3.63, 3.8) is 0 Å². The van der Waals surface area contributed by atoms with Gasteiger partial charge in [-0.25, -0.2) is 13.2 Å². The standard InChI is InChI=1S/C32H31F5.C29H27F3.C28H27Br.C28H27F/c33-31(34,23-32(35,36)37)19-27-16-28(24-10-4-1-5-11-24)20-29(17-27,25-12-6-2-7-13-25)22-30(18-27,21-28)26-14-8-3-9-15-26;30-29(31,32)28-19-25(22-10-4-1-5-11-22)16-26(20-28,23-12-6-2-7-13-23)18-27(17-25,21-28)24-14-8-3-9-15-24;2*29-28-19-25(22-10-4-1-5-11-22)16-26(20-28,23-12-6-2-7-13-23)18-27(17-25,21-28)24-14-8-3-9-15-24/h1-15H,16-23H2;1-15H,16-21H2;2*1-15H,16-21H2. The second kappa shape index (κ2) is 30.3. The van der Waals surface area contributed by atoms with Crippen molar-refractivity contribution in [2.24, 2.45) is 10.8 Å². The van der Waals surface area contributed by atoms with Crippen molar-refractivity contribution >= 4 is 15.9 Å². The Morgan fingerprint density at radius 1 is 0.197 bits per heavy atom.